The van der Waals surface area contributed by atoms with E-state index in [-0.39, 0.29) is 29.3 Å². The highest BCUT2D eigenvalue weighted by atomic mass is 35.5. The molecule has 2 N–H and O–H groups in total. The lowest BCUT2D eigenvalue weighted by atomic mass is 9.84. The molecule has 4 rings (SSSR count). The van der Waals surface area contributed by atoms with Crippen molar-refractivity contribution in [3.8, 4) is 0 Å². The number of rotatable bonds is 10. The number of carbonyl (C=O) groups is 2. The van der Waals surface area contributed by atoms with Crippen LogP contribution in [-0.4, -0.2) is 73.0 Å². The first-order chi connectivity index (χ1) is 18.3. The molecule has 7 heteroatoms. The second-order valence-electron chi connectivity index (χ2n) is 11.6. The summed E-state index contributed by atoms with van der Waals surface area (Å²) in [5.41, 5.74) is 0.760. The molecule has 2 fully saturated rings. The third-order valence-electron chi connectivity index (χ3n) is 8.83. The van der Waals surface area contributed by atoms with Crippen molar-refractivity contribution in [2.24, 2.45) is 5.41 Å². The summed E-state index contributed by atoms with van der Waals surface area (Å²) < 4.78 is 0. The minimum absolute atomic E-state index is 0.0491. The van der Waals surface area contributed by atoms with E-state index in [0.717, 1.165) is 69.2 Å². The Kier molecular flexibility index (Phi) is 10.1. The SMILES string of the molecule is CCC(C)(CC)CN1CC[C@H](CNC(=O)c2ccc3cc(Cl)ccc3c2)N[C@H](CCN2CCCCC2)C1=O. The lowest BCUT2D eigenvalue weighted by Crippen LogP contribution is -2.51. The predicted octanol–water partition coefficient (Wildman–Crippen LogP) is 5.48. The van der Waals surface area contributed by atoms with E-state index in [4.69, 9.17) is 11.6 Å². The first kappa shape index (κ1) is 28.8. The summed E-state index contributed by atoms with van der Waals surface area (Å²) in [5.74, 6) is 0.127. The first-order valence-electron chi connectivity index (χ1n) is 14.5. The number of fused-ring (bicyclic) bond motifs is 1. The number of nitrogens with zero attached hydrogens (tertiary/aromatic N) is 2. The summed E-state index contributed by atoms with van der Waals surface area (Å²) in [5, 5.41) is 9.47. The van der Waals surface area contributed by atoms with Crippen LogP contribution in [0.5, 0.6) is 0 Å². The molecule has 6 nitrogen and oxygen atoms in total. The zero-order chi connectivity index (χ0) is 27.1. The second-order valence-corrected chi connectivity index (χ2v) is 12.0. The van der Waals surface area contributed by atoms with Crippen molar-refractivity contribution in [1.82, 2.24) is 20.4 Å². The quantitative estimate of drug-likeness (QED) is 0.418. The Bertz CT molecular complexity index is 1100. The van der Waals surface area contributed by atoms with E-state index >= 15 is 0 Å². The van der Waals surface area contributed by atoms with Crippen LogP contribution in [0.4, 0.5) is 0 Å². The monoisotopic (exact) mass is 540 g/mol. The molecule has 2 aromatic carbocycles. The Morgan fingerprint density at radius 3 is 2.50 bits per heavy atom. The molecule has 2 aliphatic rings. The average Bonchev–Trinajstić information content (AvgIpc) is 3.08. The lowest BCUT2D eigenvalue weighted by Gasteiger charge is -2.35. The van der Waals surface area contributed by atoms with Crippen LogP contribution < -0.4 is 10.6 Å². The standard InChI is InChI=1S/C31H45ClN4O2/c1-4-31(3,5-2)22-36-18-13-27(34-28(30(36)38)14-17-35-15-7-6-8-16-35)21-33-29(37)25-10-9-24-20-26(32)12-11-23(24)19-25/h9-12,19-20,27-28,34H,4-8,13-18,21-22H2,1-3H3,(H,33,37)/t27-,28-/m1/s1. The minimum atomic E-state index is -0.218. The summed E-state index contributed by atoms with van der Waals surface area (Å²) in [6.07, 6.45) is 7.55. The molecular weight excluding hydrogens is 496 g/mol. The molecular formula is C31H45ClN4O2. The van der Waals surface area contributed by atoms with Gasteiger partial charge in [0.2, 0.25) is 5.91 Å². The second kappa shape index (κ2) is 13.3. The van der Waals surface area contributed by atoms with Crippen molar-refractivity contribution in [1.29, 1.82) is 0 Å². The molecule has 2 amide bonds. The Morgan fingerprint density at radius 1 is 1.05 bits per heavy atom. The van der Waals surface area contributed by atoms with Crippen LogP contribution in [0.3, 0.4) is 0 Å². The maximum Gasteiger partial charge on any atom is 0.251 e. The molecule has 0 saturated carbocycles. The summed E-state index contributed by atoms with van der Waals surface area (Å²) in [6.45, 7) is 11.9. The number of halogens is 1. The summed E-state index contributed by atoms with van der Waals surface area (Å²) in [6, 6.07) is 11.2. The topological polar surface area (TPSA) is 64.7 Å². The Morgan fingerprint density at radius 2 is 1.76 bits per heavy atom. The third-order valence-corrected chi connectivity index (χ3v) is 9.07. The van der Waals surface area contributed by atoms with Gasteiger partial charge in [-0.05, 0) is 92.1 Å². The molecule has 0 radical (unpaired) electrons. The normalized spacial score (nSPS) is 21.5. The van der Waals surface area contributed by atoms with Crippen molar-refractivity contribution < 1.29 is 9.59 Å². The average molecular weight is 541 g/mol. The van der Waals surface area contributed by atoms with Gasteiger partial charge >= 0.3 is 0 Å². The van der Waals surface area contributed by atoms with Crippen LogP contribution >= 0.6 is 11.6 Å². The molecule has 2 saturated heterocycles. The smallest absolute Gasteiger partial charge is 0.251 e. The van der Waals surface area contributed by atoms with Crippen LogP contribution in [0.15, 0.2) is 36.4 Å². The van der Waals surface area contributed by atoms with Crippen molar-refractivity contribution in [2.45, 2.75) is 77.8 Å². The van der Waals surface area contributed by atoms with Crippen molar-refractivity contribution in [3.63, 3.8) is 0 Å². The van der Waals surface area contributed by atoms with Gasteiger partial charge in [-0.3, -0.25) is 9.59 Å². The van der Waals surface area contributed by atoms with E-state index in [9.17, 15) is 9.59 Å². The number of nitrogens with one attached hydrogen (secondary N) is 2. The Hall–Kier alpha value is -2.15. The van der Waals surface area contributed by atoms with E-state index in [0.29, 0.717) is 17.1 Å². The molecule has 0 bridgehead atoms. The van der Waals surface area contributed by atoms with Gasteiger partial charge in [-0.2, -0.15) is 0 Å². The first-order valence-corrected chi connectivity index (χ1v) is 14.9. The van der Waals surface area contributed by atoms with E-state index in [1.807, 2.05) is 36.4 Å². The fourth-order valence-electron chi connectivity index (χ4n) is 5.71. The summed E-state index contributed by atoms with van der Waals surface area (Å²) in [4.78, 5) is 31.4. The maximum atomic E-state index is 13.7. The number of hydrogen-bond acceptors (Lipinski definition) is 4. The molecule has 0 aliphatic carbocycles. The number of piperidine rings is 1. The fraction of sp³-hybridized carbons (Fsp3) is 0.613. The van der Waals surface area contributed by atoms with E-state index in [1.54, 1.807) is 0 Å². The van der Waals surface area contributed by atoms with Crippen LogP contribution in [0, 0.1) is 5.41 Å². The van der Waals surface area contributed by atoms with Gasteiger partial charge in [0.15, 0.2) is 0 Å². The van der Waals surface area contributed by atoms with Crippen molar-refractivity contribution >= 4 is 34.2 Å². The van der Waals surface area contributed by atoms with E-state index in [1.165, 1.54) is 19.3 Å². The molecule has 0 aromatic heterocycles. The number of carbonyl (C=O) groups excluding carboxylic acids is 2. The zero-order valence-corrected chi connectivity index (χ0v) is 24.2. The van der Waals surface area contributed by atoms with Gasteiger partial charge in [0.25, 0.3) is 5.91 Å². The Labute approximate surface area is 233 Å². The van der Waals surface area contributed by atoms with E-state index in [2.05, 4.69) is 41.2 Å². The predicted molar refractivity (Wildman–Crippen MR) is 157 cm³/mol. The summed E-state index contributed by atoms with van der Waals surface area (Å²) >= 11 is 6.10. The van der Waals surface area contributed by atoms with Crippen LogP contribution in [-0.2, 0) is 4.79 Å². The molecule has 2 aromatic rings. The fourth-order valence-corrected chi connectivity index (χ4v) is 5.89. The van der Waals surface area contributed by atoms with Gasteiger partial charge in [0.05, 0.1) is 6.04 Å². The zero-order valence-electron chi connectivity index (χ0n) is 23.4. The number of likely N-dealkylation sites (tertiary alicyclic amines) is 1. The largest absolute Gasteiger partial charge is 0.350 e. The van der Waals surface area contributed by atoms with Crippen LogP contribution in [0.1, 0.15) is 76.1 Å². The van der Waals surface area contributed by atoms with Gasteiger partial charge < -0.3 is 20.4 Å². The van der Waals surface area contributed by atoms with Gasteiger partial charge in [0, 0.05) is 42.8 Å². The number of benzene rings is 2. The molecule has 38 heavy (non-hydrogen) atoms. The molecule has 2 atom stereocenters. The molecule has 2 heterocycles. The highest BCUT2D eigenvalue weighted by Gasteiger charge is 2.34. The van der Waals surface area contributed by atoms with Crippen LogP contribution in [0.2, 0.25) is 5.02 Å². The molecule has 208 valence electrons. The minimum Gasteiger partial charge on any atom is -0.350 e. The maximum absolute atomic E-state index is 13.7. The highest BCUT2D eigenvalue weighted by molar-refractivity contribution is 6.31. The lowest BCUT2D eigenvalue weighted by molar-refractivity contribution is -0.134. The van der Waals surface area contributed by atoms with Gasteiger partial charge in [-0.1, -0.05) is 50.9 Å². The van der Waals surface area contributed by atoms with Crippen LogP contribution in [0.25, 0.3) is 10.8 Å². The summed E-state index contributed by atoms with van der Waals surface area (Å²) in [7, 11) is 0. The van der Waals surface area contributed by atoms with E-state index < -0.39 is 0 Å². The van der Waals surface area contributed by atoms with Crippen molar-refractivity contribution in [3.05, 3.63) is 47.0 Å². The Balaban J connectivity index is 1.42. The van der Waals surface area contributed by atoms with Gasteiger partial charge in [0.1, 0.15) is 0 Å². The highest BCUT2D eigenvalue weighted by Crippen LogP contribution is 2.28. The molecule has 0 spiro atoms. The van der Waals surface area contributed by atoms with Gasteiger partial charge in [-0.15, -0.1) is 0 Å². The number of amides is 2. The molecule has 0 unspecified atom stereocenters. The van der Waals surface area contributed by atoms with Crippen molar-refractivity contribution in [2.75, 3.05) is 39.3 Å². The molecule has 2 aliphatic heterocycles. The number of hydrogen-bond donors (Lipinski definition) is 2. The third kappa shape index (κ3) is 7.49. The van der Waals surface area contributed by atoms with Gasteiger partial charge in [-0.25, -0.2) is 0 Å².